The molecule has 0 radical (unpaired) electrons. The van der Waals surface area contributed by atoms with Crippen molar-refractivity contribution in [1.29, 1.82) is 0 Å². The van der Waals surface area contributed by atoms with Gasteiger partial charge in [-0.2, -0.15) is 0 Å². The number of methoxy groups -OCH3 is 1. The predicted octanol–water partition coefficient (Wildman–Crippen LogP) is 0.345. The summed E-state index contributed by atoms with van der Waals surface area (Å²) in [5, 5.41) is 0. The highest BCUT2D eigenvalue weighted by Gasteiger charge is 2.19. The van der Waals surface area contributed by atoms with E-state index in [1.807, 2.05) is 21.1 Å². The van der Waals surface area contributed by atoms with Gasteiger partial charge >= 0.3 is 5.97 Å². The van der Waals surface area contributed by atoms with Gasteiger partial charge in [-0.05, 0) is 0 Å². The van der Waals surface area contributed by atoms with E-state index in [4.69, 9.17) is 9.47 Å². The van der Waals surface area contributed by atoms with Crippen molar-refractivity contribution in [2.24, 2.45) is 0 Å². The largest absolute Gasteiger partial charge is 0.628 e. The Kier molecular flexibility index (Phi) is 8.03. The summed E-state index contributed by atoms with van der Waals surface area (Å²) >= 11 is 0. The van der Waals surface area contributed by atoms with Crippen molar-refractivity contribution in [3.8, 4) is 0 Å². The number of hydrogen-bond donors (Lipinski definition) is 0. The molecule has 0 aromatic carbocycles. The highest BCUT2D eigenvalue weighted by atomic mass is 31.1. The molecular weight excluding hydrogens is 253 g/mol. The summed E-state index contributed by atoms with van der Waals surface area (Å²) < 4.78 is 10.7. The number of hydrogen-bond acceptors (Lipinski definition) is 4. The van der Waals surface area contributed by atoms with Gasteiger partial charge in [-0.3, -0.25) is 0 Å². The van der Waals surface area contributed by atoms with Gasteiger partial charge in [0, 0.05) is 19.6 Å². The molecule has 104 valence electrons. The molecule has 6 heteroatoms. The second-order valence-corrected chi connectivity index (χ2v) is 6.58. The van der Waals surface area contributed by atoms with E-state index in [2.05, 4.69) is 6.58 Å². The van der Waals surface area contributed by atoms with E-state index in [-0.39, 0.29) is 6.61 Å². The molecule has 0 amide bonds. The van der Waals surface area contributed by atoms with Crippen molar-refractivity contribution in [2.75, 3.05) is 47.6 Å². The molecule has 18 heavy (non-hydrogen) atoms. The van der Waals surface area contributed by atoms with Crippen LogP contribution in [0.5, 0.6) is 0 Å². The van der Waals surface area contributed by atoms with E-state index in [0.29, 0.717) is 29.1 Å². The van der Waals surface area contributed by atoms with E-state index in [1.54, 1.807) is 0 Å². The molecule has 0 aromatic heterocycles. The van der Waals surface area contributed by atoms with Crippen LogP contribution < -0.4 is 4.89 Å². The maximum absolute atomic E-state index is 12.0. The van der Waals surface area contributed by atoms with Crippen LogP contribution in [-0.4, -0.2) is 63.5 Å². The Bertz CT molecular complexity index is 321. The van der Waals surface area contributed by atoms with Crippen molar-refractivity contribution >= 4 is 19.2 Å². The summed E-state index contributed by atoms with van der Waals surface area (Å²) in [5.74, 6) is -0.451. The number of nitrogens with zero attached hydrogens (tertiary/aromatic N) is 1. The molecule has 0 spiro atoms. The number of likely N-dealkylation sites (N-methyl/N-ethyl adjacent to an activating group) is 1. The van der Waals surface area contributed by atoms with Crippen LogP contribution in [0.25, 0.3) is 0 Å². The number of quaternary nitrogens is 1. The topological polar surface area (TPSA) is 58.6 Å². The van der Waals surface area contributed by atoms with Crippen LogP contribution in [0.3, 0.4) is 0 Å². The zero-order chi connectivity index (χ0) is 14.2. The first kappa shape index (κ1) is 17.3. The molecule has 0 aliphatic heterocycles. The van der Waals surface area contributed by atoms with Crippen molar-refractivity contribution in [2.45, 2.75) is 6.42 Å². The highest BCUT2D eigenvalue weighted by molar-refractivity contribution is 7.51. The SMILES string of the molecule is C=CC(=O)OCCC[P+]([O-])=C(C[N+](C)(C)C)OC. The van der Waals surface area contributed by atoms with Crippen LogP contribution in [0.2, 0.25) is 0 Å². The third-order valence-electron chi connectivity index (χ3n) is 2.04. The average Bonchev–Trinajstić information content (AvgIpc) is 2.29. The van der Waals surface area contributed by atoms with Gasteiger partial charge in [0.1, 0.15) is 6.16 Å². The predicted molar refractivity (Wildman–Crippen MR) is 72.5 cm³/mol. The Hall–Kier alpha value is -0.740. The number of carbonyl (C=O) groups is 1. The van der Waals surface area contributed by atoms with E-state index in [9.17, 15) is 9.69 Å². The molecular formula is C12H23NO4P+. The maximum atomic E-state index is 12.0. The summed E-state index contributed by atoms with van der Waals surface area (Å²) in [6.45, 7) is 4.16. The van der Waals surface area contributed by atoms with Crippen molar-refractivity contribution in [1.82, 2.24) is 0 Å². The number of rotatable bonds is 8. The molecule has 1 atom stereocenters. The molecule has 0 heterocycles. The van der Waals surface area contributed by atoms with Gasteiger partial charge in [0.25, 0.3) is 5.48 Å². The Morgan fingerprint density at radius 3 is 2.50 bits per heavy atom. The van der Waals surface area contributed by atoms with Crippen LogP contribution in [0.1, 0.15) is 6.42 Å². The standard InChI is InChI=1S/C12H23NO4P/c1-6-11(14)17-8-7-9-18(15)12(16-5)10-13(2,3)4/h6H,1,7-10H2,2-5H3/q+1. The molecule has 1 unspecified atom stereocenters. The number of carbonyl (C=O) groups excluding carboxylic acids is 1. The lowest BCUT2D eigenvalue weighted by Gasteiger charge is -2.23. The Balaban J connectivity index is 4.20. The highest BCUT2D eigenvalue weighted by Crippen LogP contribution is 2.17. The fraction of sp³-hybridized carbons (Fsp3) is 0.667. The lowest BCUT2D eigenvalue weighted by atomic mass is 10.5. The fourth-order valence-corrected chi connectivity index (χ4v) is 2.67. The molecule has 0 saturated heterocycles. The molecule has 5 nitrogen and oxygen atoms in total. The molecule has 0 rings (SSSR count). The first-order chi connectivity index (χ1) is 8.30. The lowest BCUT2D eigenvalue weighted by Crippen LogP contribution is -2.40. The summed E-state index contributed by atoms with van der Waals surface area (Å²) in [4.78, 5) is 22.8. The zero-order valence-electron chi connectivity index (χ0n) is 11.6. The van der Waals surface area contributed by atoms with Crippen LogP contribution in [-0.2, 0) is 14.3 Å². The summed E-state index contributed by atoms with van der Waals surface area (Å²) in [5.41, 5.74) is 0.604. The van der Waals surface area contributed by atoms with Gasteiger partial charge in [-0.15, -0.1) is 0 Å². The van der Waals surface area contributed by atoms with E-state index >= 15 is 0 Å². The molecule has 0 aromatic rings. The Labute approximate surface area is 110 Å². The van der Waals surface area contributed by atoms with Crippen molar-refractivity contribution in [3.05, 3.63) is 12.7 Å². The minimum absolute atomic E-state index is 0.257. The monoisotopic (exact) mass is 276 g/mol. The van der Waals surface area contributed by atoms with Crippen LogP contribution >= 0.6 is 7.77 Å². The first-order valence-electron chi connectivity index (χ1n) is 5.74. The van der Waals surface area contributed by atoms with Gasteiger partial charge in [0.2, 0.25) is 0 Å². The van der Waals surface area contributed by atoms with E-state index < -0.39 is 13.7 Å². The average molecular weight is 276 g/mol. The molecule has 0 bridgehead atoms. The summed E-state index contributed by atoms with van der Waals surface area (Å²) in [7, 11) is 6.03. The molecule has 0 N–H and O–H groups in total. The molecule has 0 aliphatic carbocycles. The summed E-state index contributed by atoms with van der Waals surface area (Å²) in [6.07, 6.45) is 2.13. The lowest BCUT2D eigenvalue weighted by molar-refractivity contribution is -0.861. The van der Waals surface area contributed by atoms with Crippen LogP contribution in [0.15, 0.2) is 12.7 Å². The fourth-order valence-electron chi connectivity index (χ4n) is 1.22. The quantitative estimate of drug-likeness (QED) is 0.211. The Morgan fingerprint density at radius 2 is 2.06 bits per heavy atom. The van der Waals surface area contributed by atoms with Gasteiger partial charge in [0.15, 0.2) is 6.54 Å². The molecule has 0 saturated carbocycles. The van der Waals surface area contributed by atoms with Crippen molar-refractivity contribution in [3.63, 3.8) is 0 Å². The maximum Gasteiger partial charge on any atom is 0.330 e. The van der Waals surface area contributed by atoms with E-state index in [1.165, 1.54) is 7.11 Å². The van der Waals surface area contributed by atoms with E-state index in [0.717, 1.165) is 6.08 Å². The zero-order valence-corrected chi connectivity index (χ0v) is 12.5. The molecule has 0 aliphatic rings. The second kappa shape index (κ2) is 8.38. The van der Waals surface area contributed by atoms with Gasteiger partial charge in [0.05, 0.1) is 35.5 Å². The third-order valence-corrected chi connectivity index (χ3v) is 3.64. The normalized spacial score (nSPS) is 12.9. The van der Waals surface area contributed by atoms with Gasteiger partial charge < -0.3 is 18.9 Å². The smallest absolute Gasteiger partial charge is 0.330 e. The third kappa shape index (κ3) is 8.37. The van der Waals surface area contributed by atoms with Crippen LogP contribution in [0.4, 0.5) is 0 Å². The Morgan fingerprint density at radius 1 is 1.44 bits per heavy atom. The minimum atomic E-state index is -1.53. The van der Waals surface area contributed by atoms with Crippen LogP contribution in [0, 0.1) is 0 Å². The number of ether oxygens (including phenoxy) is 2. The van der Waals surface area contributed by atoms with Gasteiger partial charge in [-0.1, -0.05) is 6.58 Å². The van der Waals surface area contributed by atoms with Crippen molar-refractivity contribution < 1.29 is 23.6 Å². The number of esters is 1. The van der Waals surface area contributed by atoms with Gasteiger partial charge in [-0.25, -0.2) is 4.79 Å². The minimum Gasteiger partial charge on any atom is -0.628 e. The molecule has 0 fully saturated rings. The summed E-state index contributed by atoms with van der Waals surface area (Å²) in [6, 6.07) is 0. The second-order valence-electron chi connectivity index (χ2n) is 4.87. The first-order valence-corrected chi connectivity index (χ1v) is 7.18.